The molecule has 2 aromatic carbocycles. The van der Waals surface area contributed by atoms with Gasteiger partial charge in [-0.1, -0.05) is 18.2 Å². The fourth-order valence-electron chi connectivity index (χ4n) is 2.95. The molecule has 0 radical (unpaired) electrons. The first kappa shape index (κ1) is 20.7. The number of hydrogen-bond acceptors (Lipinski definition) is 5. The van der Waals surface area contributed by atoms with E-state index < -0.39 is 28.3 Å². The average molecular weight is 403 g/mol. The molecular weight excluding hydrogens is 377 g/mol. The van der Waals surface area contributed by atoms with Crippen molar-refractivity contribution in [3.8, 4) is 5.75 Å². The van der Waals surface area contributed by atoms with Gasteiger partial charge in [-0.3, -0.25) is 4.72 Å². The number of benzene rings is 2. The Bertz CT molecular complexity index is 958. The van der Waals surface area contributed by atoms with E-state index in [1.54, 1.807) is 50.4 Å². The Morgan fingerprint density at radius 2 is 1.57 bits per heavy atom. The van der Waals surface area contributed by atoms with Crippen LogP contribution in [-0.2, 0) is 19.3 Å². The van der Waals surface area contributed by atoms with E-state index in [9.17, 15) is 8.42 Å². The number of methoxy groups -OCH3 is 1. The molecule has 1 aliphatic rings. The molecule has 1 heterocycles. The van der Waals surface area contributed by atoms with Gasteiger partial charge in [0.15, 0.2) is 0 Å². The van der Waals surface area contributed by atoms with Gasteiger partial charge in [0.25, 0.3) is 10.0 Å². The minimum absolute atomic E-state index is 0.189. The number of rotatable bonds is 5. The molecule has 150 valence electrons. The van der Waals surface area contributed by atoms with E-state index in [-0.39, 0.29) is 4.90 Å². The zero-order valence-electron chi connectivity index (χ0n) is 17.1. The lowest BCUT2D eigenvalue weighted by molar-refractivity contribution is 0.00578. The number of hydrogen-bond donors (Lipinski definition) is 1. The highest BCUT2D eigenvalue weighted by Crippen LogP contribution is 2.37. The van der Waals surface area contributed by atoms with Crippen molar-refractivity contribution in [3.63, 3.8) is 0 Å². The Labute approximate surface area is 167 Å². The third-order valence-corrected chi connectivity index (χ3v) is 6.81. The van der Waals surface area contributed by atoms with Gasteiger partial charge in [0, 0.05) is 5.56 Å². The van der Waals surface area contributed by atoms with Gasteiger partial charge in [-0.15, -0.1) is 0 Å². The first-order valence-corrected chi connectivity index (χ1v) is 10.6. The van der Waals surface area contributed by atoms with E-state index in [2.05, 4.69) is 4.72 Å². The summed E-state index contributed by atoms with van der Waals surface area (Å²) in [6.07, 6.45) is 0. The van der Waals surface area contributed by atoms with E-state index in [1.807, 2.05) is 33.8 Å². The largest absolute Gasteiger partial charge is 0.496 e. The first-order chi connectivity index (χ1) is 13.0. The lowest BCUT2D eigenvalue weighted by Crippen LogP contribution is -2.41. The molecule has 3 rings (SSSR count). The number of nitrogens with one attached hydrogen (secondary N) is 1. The molecule has 0 saturated carbocycles. The van der Waals surface area contributed by atoms with Crippen molar-refractivity contribution in [2.75, 3.05) is 11.8 Å². The molecule has 1 fully saturated rings. The lowest BCUT2D eigenvalue weighted by Gasteiger charge is -2.32. The van der Waals surface area contributed by atoms with Crippen LogP contribution in [-0.4, -0.2) is 33.8 Å². The summed E-state index contributed by atoms with van der Waals surface area (Å²) in [5.74, 6) is 0.554. The molecule has 0 spiro atoms. The summed E-state index contributed by atoms with van der Waals surface area (Å²) < 4.78 is 45.9. The van der Waals surface area contributed by atoms with Gasteiger partial charge >= 0.3 is 7.12 Å². The van der Waals surface area contributed by atoms with E-state index >= 15 is 0 Å². The summed E-state index contributed by atoms with van der Waals surface area (Å²) in [6.45, 7) is 9.68. The molecule has 1 aliphatic heterocycles. The van der Waals surface area contributed by atoms with Crippen LogP contribution in [0.15, 0.2) is 47.4 Å². The van der Waals surface area contributed by atoms with Gasteiger partial charge < -0.3 is 14.0 Å². The van der Waals surface area contributed by atoms with Gasteiger partial charge in [-0.2, -0.15) is 0 Å². The van der Waals surface area contributed by atoms with Crippen LogP contribution in [0.1, 0.15) is 33.3 Å². The Balaban J connectivity index is 2.00. The van der Waals surface area contributed by atoms with E-state index in [0.29, 0.717) is 22.5 Å². The number of ether oxygens (including phenoxy) is 1. The van der Waals surface area contributed by atoms with Crippen molar-refractivity contribution in [3.05, 3.63) is 48.0 Å². The summed E-state index contributed by atoms with van der Waals surface area (Å²) in [7, 11) is -2.81. The normalized spacial score (nSPS) is 18.1. The third-order valence-electron chi connectivity index (χ3n) is 5.43. The van der Waals surface area contributed by atoms with Crippen molar-refractivity contribution < 1.29 is 22.5 Å². The Hall–Kier alpha value is -2.03. The molecule has 0 amide bonds. The maximum atomic E-state index is 12.8. The summed E-state index contributed by atoms with van der Waals surface area (Å²) in [5.41, 5.74) is 0.793. The molecule has 28 heavy (non-hydrogen) atoms. The van der Waals surface area contributed by atoms with Crippen molar-refractivity contribution in [2.24, 2.45) is 0 Å². The van der Waals surface area contributed by atoms with Crippen LogP contribution in [0.2, 0.25) is 0 Å². The second-order valence-electron chi connectivity index (χ2n) is 7.90. The minimum Gasteiger partial charge on any atom is -0.496 e. The standard InChI is InChI=1S/C20H26BNO5S/c1-14-17(22-28(23,24)16-10-8-7-9-11-16)12-15(13-18(14)25-6)21-26-19(2,3)20(4,5)27-21/h7-13,22H,1-6H3. The SMILES string of the molecule is COc1cc(B2OC(C)(C)C(C)(C)O2)cc(NS(=O)(=O)c2ccccc2)c1C. The topological polar surface area (TPSA) is 73.9 Å². The first-order valence-electron chi connectivity index (χ1n) is 9.09. The van der Waals surface area contributed by atoms with Gasteiger partial charge in [0.2, 0.25) is 0 Å². The maximum absolute atomic E-state index is 12.8. The van der Waals surface area contributed by atoms with Crippen molar-refractivity contribution in [1.82, 2.24) is 0 Å². The van der Waals surface area contributed by atoms with Crippen molar-refractivity contribution in [1.29, 1.82) is 0 Å². The molecule has 0 aliphatic carbocycles. The van der Waals surface area contributed by atoms with E-state index in [1.165, 1.54) is 0 Å². The van der Waals surface area contributed by atoms with Crippen molar-refractivity contribution >= 4 is 28.3 Å². The zero-order valence-corrected chi connectivity index (χ0v) is 17.9. The van der Waals surface area contributed by atoms with Gasteiger partial charge in [0.05, 0.1) is 28.9 Å². The fraction of sp³-hybridized carbons (Fsp3) is 0.400. The third kappa shape index (κ3) is 3.77. The van der Waals surface area contributed by atoms with Crippen LogP contribution in [0.5, 0.6) is 5.75 Å². The summed E-state index contributed by atoms with van der Waals surface area (Å²) in [5, 5.41) is 0. The van der Waals surface area contributed by atoms with Crippen LogP contribution in [0.3, 0.4) is 0 Å². The molecular formula is C20H26BNO5S. The predicted molar refractivity (Wildman–Crippen MR) is 111 cm³/mol. The minimum atomic E-state index is -3.73. The molecule has 0 unspecified atom stereocenters. The lowest BCUT2D eigenvalue weighted by atomic mass is 9.78. The monoisotopic (exact) mass is 403 g/mol. The fourth-order valence-corrected chi connectivity index (χ4v) is 4.08. The second kappa shape index (κ2) is 7.10. The van der Waals surface area contributed by atoms with E-state index in [0.717, 1.165) is 0 Å². The smallest absolute Gasteiger partial charge is 0.495 e. The predicted octanol–water partition coefficient (Wildman–Crippen LogP) is 3.10. The second-order valence-corrected chi connectivity index (χ2v) is 9.58. The van der Waals surface area contributed by atoms with Gasteiger partial charge in [-0.25, -0.2) is 8.42 Å². The zero-order chi connectivity index (χ0) is 20.7. The van der Waals surface area contributed by atoms with Crippen LogP contribution in [0.4, 0.5) is 5.69 Å². The number of sulfonamides is 1. The summed E-state index contributed by atoms with van der Waals surface area (Å²) in [4.78, 5) is 0.189. The Kier molecular flexibility index (Phi) is 5.25. The summed E-state index contributed by atoms with van der Waals surface area (Å²) >= 11 is 0. The highest BCUT2D eigenvalue weighted by molar-refractivity contribution is 7.92. The molecule has 2 aromatic rings. The highest BCUT2D eigenvalue weighted by Gasteiger charge is 2.52. The van der Waals surface area contributed by atoms with Crippen molar-refractivity contribution in [2.45, 2.75) is 50.7 Å². The quantitative estimate of drug-likeness (QED) is 0.777. The van der Waals surface area contributed by atoms with Crippen LogP contribution < -0.4 is 14.9 Å². The Morgan fingerprint density at radius 1 is 1.00 bits per heavy atom. The molecule has 0 aromatic heterocycles. The molecule has 0 atom stereocenters. The van der Waals surface area contributed by atoms with E-state index in [4.69, 9.17) is 14.0 Å². The molecule has 6 nitrogen and oxygen atoms in total. The van der Waals surface area contributed by atoms with Gasteiger partial charge in [-0.05, 0) is 64.3 Å². The van der Waals surface area contributed by atoms with Crippen LogP contribution in [0.25, 0.3) is 0 Å². The maximum Gasteiger partial charge on any atom is 0.495 e. The average Bonchev–Trinajstić information content (AvgIpc) is 2.85. The van der Waals surface area contributed by atoms with Crippen LogP contribution in [0, 0.1) is 6.92 Å². The van der Waals surface area contributed by atoms with Gasteiger partial charge in [0.1, 0.15) is 5.75 Å². The Morgan fingerprint density at radius 3 is 2.11 bits per heavy atom. The molecule has 1 N–H and O–H groups in total. The summed E-state index contributed by atoms with van der Waals surface area (Å²) in [6, 6.07) is 11.8. The highest BCUT2D eigenvalue weighted by atomic mass is 32.2. The molecule has 8 heteroatoms. The van der Waals surface area contributed by atoms with Crippen LogP contribution >= 0.6 is 0 Å². The molecule has 0 bridgehead atoms. The molecule has 1 saturated heterocycles. The number of anilines is 1.